The Morgan fingerprint density at radius 2 is 1.76 bits per heavy atom. The highest BCUT2D eigenvalue weighted by Crippen LogP contribution is 2.42. The molecule has 0 fully saturated rings. The maximum absolute atomic E-state index is 12.7. The minimum atomic E-state index is -3.54. The minimum Gasteiger partial charge on any atom is -0.381 e. The van der Waals surface area contributed by atoms with E-state index in [-0.39, 0.29) is 10.8 Å². The second-order valence-corrected chi connectivity index (χ2v) is 7.97. The molecule has 21 heavy (non-hydrogen) atoms. The molecule has 0 amide bonds. The number of benzene rings is 1. The molecule has 0 aromatic heterocycles. The van der Waals surface area contributed by atoms with Gasteiger partial charge in [-0.15, -0.1) is 0 Å². The van der Waals surface area contributed by atoms with Crippen molar-refractivity contribution in [3.63, 3.8) is 0 Å². The molecular formula is C17H22O3S. The van der Waals surface area contributed by atoms with E-state index >= 15 is 0 Å². The summed E-state index contributed by atoms with van der Waals surface area (Å²) in [4.78, 5) is 0.596. The summed E-state index contributed by atoms with van der Waals surface area (Å²) in [5.41, 5.74) is 0.682. The molecule has 1 aromatic rings. The van der Waals surface area contributed by atoms with Crippen molar-refractivity contribution in [1.82, 2.24) is 0 Å². The molecule has 0 bridgehead atoms. The molecule has 0 aliphatic heterocycles. The second-order valence-electron chi connectivity index (χ2n) is 6.02. The Morgan fingerprint density at radius 1 is 1.19 bits per heavy atom. The van der Waals surface area contributed by atoms with Gasteiger partial charge in [0.2, 0.25) is 9.84 Å². The van der Waals surface area contributed by atoms with Gasteiger partial charge in [0.15, 0.2) is 0 Å². The molecule has 0 radical (unpaired) electrons. The van der Waals surface area contributed by atoms with E-state index < -0.39 is 15.4 Å². The normalized spacial score (nSPS) is 25.6. The highest BCUT2D eigenvalue weighted by molar-refractivity contribution is 7.95. The van der Waals surface area contributed by atoms with Gasteiger partial charge in [-0.2, -0.15) is 0 Å². The van der Waals surface area contributed by atoms with Crippen molar-refractivity contribution in [2.45, 2.75) is 44.6 Å². The van der Waals surface area contributed by atoms with Gasteiger partial charge in [-0.3, -0.25) is 0 Å². The van der Waals surface area contributed by atoms with Gasteiger partial charge < -0.3 is 5.11 Å². The van der Waals surface area contributed by atoms with Crippen molar-refractivity contribution in [1.29, 1.82) is 0 Å². The van der Waals surface area contributed by atoms with Crippen LogP contribution in [0.5, 0.6) is 0 Å². The summed E-state index contributed by atoms with van der Waals surface area (Å²) in [6, 6.07) is 8.39. The van der Waals surface area contributed by atoms with Crippen molar-refractivity contribution < 1.29 is 13.5 Å². The van der Waals surface area contributed by atoms with Gasteiger partial charge in [0.25, 0.3) is 0 Å². The fourth-order valence-electron chi connectivity index (χ4n) is 2.78. The van der Waals surface area contributed by atoms with Crippen LogP contribution >= 0.6 is 0 Å². The zero-order valence-electron chi connectivity index (χ0n) is 12.9. The van der Waals surface area contributed by atoms with Crippen LogP contribution in [0.25, 0.3) is 0 Å². The van der Waals surface area contributed by atoms with Crippen molar-refractivity contribution in [2.75, 3.05) is 0 Å². The van der Waals surface area contributed by atoms with E-state index in [4.69, 9.17) is 0 Å². The first-order valence-electron chi connectivity index (χ1n) is 7.08. The van der Waals surface area contributed by atoms with Crippen LogP contribution in [-0.4, -0.2) is 19.1 Å². The molecule has 1 N–H and O–H groups in total. The van der Waals surface area contributed by atoms with Gasteiger partial charge in [0.05, 0.1) is 9.80 Å². The molecule has 1 aromatic carbocycles. The topological polar surface area (TPSA) is 54.4 Å². The Balaban J connectivity index is 2.53. The third-order valence-electron chi connectivity index (χ3n) is 4.25. The average molecular weight is 306 g/mol. The monoisotopic (exact) mass is 306 g/mol. The van der Waals surface area contributed by atoms with E-state index in [9.17, 15) is 13.5 Å². The maximum atomic E-state index is 12.7. The van der Waals surface area contributed by atoms with Crippen LogP contribution < -0.4 is 0 Å². The van der Waals surface area contributed by atoms with Gasteiger partial charge >= 0.3 is 0 Å². The van der Waals surface area contributed by atoms with Gasteiger partial charge in [-0.25, -0.2) is 8.42 Å². The Kier molecular flexibility index (Phi) is 4.13. The van der Waals surface area contributed by atoms with Crippen LogP contribution in [0.2, 0.25) is 0 Å². The van der Waals surface area contributed by atoms with Gasteiger partial charge in [-0.05, 0) is 56.9 Å². The number of hydrogen-bond donors (Lipinski definition) is 1. The quantitative estimate of drug-likeness (QED) is 0.870. The van der Waals surface area contributed by atoms with Gasteiger partial charge in [0.1, 0.15) is 5.60 Å². The number of rotatable bonds is 3. The lowest BCUT2D eigenvalue weighted by Gasteiger charge is -2.23. The fourth-order valence-corrected chi connectivity index (χ4v) is 4.53. The molecule has 2 unspecified atom stereocenters. The molecule has 0 saturated carbocycles. The van der Waals surface area contributed by atoms with E-state index in [1.165, 1.54) is 6.08 Å². The zero-order valence-corrected chi connectivity index (χ0v) is 13.7. The van der Waals surface area contributed by atoms with Crippen LogP contribution in [0.3, 0.4) is 0 Å². The third kappa shape index (κ3) is 2.83. The third-order valence-corrected chi connectivity index (χ3v) is 6.28. The summed E-state index contributed by atoms with van der Waals surface area (Å²) >= 11 is 0. The molecule has 0 saturated heterocycles. The smallest absolute Gasteiger partial charge is 0.202 e. The van der Waals surface area contributed by atoms with E-state index in [0.29, 0.717) is 11.3 Å². The number of sulfone groups is 1. The lowest BCUT2D eigenvalue weighted by Crippen LogP contribution is -2.26. The van der Waals surface area contributed by atoms with Crippen molar-refractivity contribution in [3.8, 4) is 0 Å². The zero-order chi connectivity index (χ0) is 15.8. The SMILES string of the molecule is CC(C)=C(C)C1(O)C=C(S(=O)(=O)c2ccccc2)C(C)C1. The molecule has 3 nitrogen and oxygen atoms in total. The number of aliphatic hydroxyl groups is 1. The second kappa shape index (κ2) is 5.43. The van der Waals surface area contributed by atoms with Crippen molar-refractivity contribution in [2.24, 2.45) is 5.92 Å². The molecule has 0 heterocycles. The maximum Gasteiger partial charge on any atom is 0.202 e. The lowest BCUT2D eigenvalue weighted by atomic mass is 9.89. The summed E-state index contributed by atoms with van der Waals surface area (Å²) in [5.74, 6) is -0.200. The van der Waals surface area contributed by atoms with Gasteiger partial charge in [0, 0.05) is 0 Å². The average Bonchev–Trinajstić information content (AvgIpc) is 2.76. The summed E-state index contributed by atoms with van der Waals surface area (Å²) in [5, 5.41) is 10.8. The highest BCUT2D eigenvalue weighted by atomic mass is 32.2. The molecule has 4 heteroatoms. The van der Waals surface area contributed by atoms with Crippen molar-refractivity contribution >= 4 is 9.84 Å². The van der Waals surface area contributed by atoms with Crippen LogP contribution in [-0.2, 0) is 9.84 Å². The standard InChI is InChI=1S/C17H22O3S/c1-12(2)14(4)17(18)10-13(3)16(11-17)21(19,20)15-8-6-5-7-9-15/h5-9,11,13,18H,10H2,1-4H3. The molecule has 2 rings (SSSR count). The number of allylic oxidation sites excluding steroid dienone is 2. The largest absolute Gasteiger partial charge is 0.381 e. The predicted octanol–water partition coefficient (Wildman–Crippen LogP) is 3.47. The first-order chi connectivity index (χ1) is 9.68. The Labute approximate surface area is 126 Å². The summed E-state index contributed by atoms with van der Waals surface area (Å²) in [6.07, 6.45) is 1.94. The summed E-state index contributed by atoms with van der Waals surface area (Å²) in [7, 11) is -3.54. The molecule has 1 aliphatic carbocycles. The minimum absolute atomic E-state index is 0.200. The Morgan fingerprint density at radius 3 is 2.29 bits per heavy atom. The summed E-state index contributed by atoms with van der Waals surface area (Å²) < 4.78 is 25.5. The number of hydrogen-bond acceptors (Lipinski definition) is 3. The first kappa shape index (κ1) is 16.0. The summed E-state index contributed by atoms with van der Waals surface area (Å²) in [6.45, 7) is 7.56. The van der Waals surface area contributed by atoms with Crippen LogP contribution in [0.1, 0.15) is 34.1 Å². The van der Waals surface area contributed by atoms with Crippen LogP contribution in [0, 0.1) is 5.92 Å². The van der Waals surface area contributed by atoms with Crippen LogP contribution in [0.15, 0.2) is 57.4 Å². The molecule has 114 valence electrons. The van der Waals surface area contributed by atoms with Gasteiger partial charge in [-0.1, -0.05) is 30.7 Å². The lowest BCUT2D eigenvalue weighted by molar-refractivity contribution is 0.119. The predicted molar refractivity (Wildman–Crippen MR) is 84.5 cm³/mol. The highest BCUT2D eigenvalue weighted by Gasteiger charge is 2.41. The van der Waals surface area contributed by atoms with E-state index in [2.05, 4.69) is 0 Å². The molecule has 2 atom stereocenters. The first-order valence-corrected chi connectivity index (χ1v) is 8.56. The Bertz CT molecular complexity index is 695. The van der Waals surface area contributed by atoms with E-state index in [1.807, 2.05) is 27.7 Å². The van der Waals surface area contributed by atoms with E-state index in [0.717, 1.165) is 11.1 Å². The molecule has 0 spiro atoms. The molecule has 1 aliphatic rings. The fraction of sp³-hybridized carbons (Fsp3) is 0.412. The Hall–Kier alpha value is -1.39. The van der Waals surface area contributed by atoms with Crippen LogP contribution in [0.4, 0.5) is 0 Å². The van der Waals surface area contributed by atoms with Crippen molar-refractivity contribution in [3.05, 3.63) is 52.5 Å². The van der Waals surface area contributed by atoms with E-state index in [1.54, 1.807) is 30.3 Å². The molecular weight excluding hydrogens is 284 g/mol.